The van der Waals surface area contributed by atoms with E-state index in [0.717, 1.165) is 24.5 Å². The minimum absolute atomic E-state index is 0.00957. The Labute approximate surface area is 205 Å². The highest BCUT2D eigenvalue weighted by Crippen LogP contribution is 2.44. The number of benzene rings is 2. The molecule has 1 aliphatic carbocycles. The summed E-state index contributed by atoms with van der Waals surface area (Å²) < 4.78 is 41.2. The molecule has 0 spiro atoms. The van der Waals surface area contributed by atoms with Crippen molar-refractivity contribution >= 4 is 29.1 Å². The van der Waals surface area contributed by atoms with Crippen LogP contribution in [0, 0.1) is 11.6 Å². The summed E-state index contributed by atoms with van der Waals surface area (Å²) in [5.74, 6) is -2.17. The fraction of sp³-hybridized carbons (Fsp3) is 0.269. The molecule has 0 saturated heterocycles. The standard InChI is InChI=1S/C26H24F2N4O4/c1-13(33)36-12-19-18(17-4-5-31-25(30)24(17)29)10-16(27)11-21(19)32-6-7-35-22-9-15(14-2-3-14)8-20(28)23(22)26(32)34/h4-5,8-11,14H,2-3,6-7,12,29H2,1H3,(H2,30,31). The first-order valence-electron chi connectivity index (χ1n) is 11.5. The van der Waals surface area contributed by atoms with Gasteiger partial charge in [-0.25, -0.2) is 13.8 Å². The smallest absolute Gasteiger partial charge is 0.302 e. The molecule has 5 rings (SSSR count). The minimum atomic E-state index is -0.699. The van der Waals surface area contributed by atoms with E-state index < -0.39 is 23.5 Å². The predicted octanol–water partition coefficient (Wildman–Crippen LogP) is 4.17. The average molecular weight is 494 g/mol. The molecule has 0 unspecified atom stereocenters. The van der Waals surface area contributed by atoms with Crippen molar-refractivity contribution in [2.45, 2.75) is 32.3 Å². The van der Waals surface area contributed by atoms with Crippen LogP contribution in [0.1, 0.15) is 47.2 Å². The van der Waals surface area contributed by atoms with Crippen molar-refractivity contribution in [3.05, 3.63) is 64.9 Å². The number of nitrogen functional groups attached to an aromatic ring is 2. The molecule has 36 heavy (non-hydrogen) atoms. The maximum Gasteiger partial charge on any atom is 0.302 e. The predicted molar refractivity (Wildman–Crippen MR) is 129 cm³/mol. The van der Waals surface area contributed by atoms with Crippen LogP contribution in [0.15, 0.2) is 36.5 Å². The van der Waals surface area contributed by atoms with Crippen LogP contribution in [-0.2, 0) is 16.1 Å². The quantitative estimate of drug-likeness (QED) is 0.511. The van der Waals surface area contributed by atoms with E-state index in [-0.39, 0.29) is 59.7 Å². The van der Waals surface area contributed by atoms with Gasteiger partial charge in [0, 0.05) is 24.2 Å². The van der Waals surface area contributed by atoms with Gasteiger partial charge in [0.05, 0.1) is 17.9 Å². The van der Waals surface area contributed by atoms with Crippen molar-refractivity contribution in [1.82, 2.24) is 4.98 Å². The highest BCUT2D eigenvalue weighted by atomic mass is 19.1. The third-order valence-electron chi connectivity index (χ3n) is 6.37. The van der Waals surface area contributed by atoms with Gasteiger partial charge in [-0.15, -0.1) is 0 Å². The van der Waals surface area contributed by atoms with Crippen LogP contribution in [0.2, 0.25) is 0 Å². The number of ether oxygens (including phenoxy) is 2. The summed E-state index contributed by atoms with van der Waals surface area (Å²) in [5.41, 5.74) is 13.7. The first kappa shape index (κ1) is 23.5. The van der Waals surface area contributed by atoms with E-state index in [9.17, 15) is 14.0 Å². The third kappa shape index (κ3) is 4.30. The van der Waals surface area contributed by atoms with E-state index in [0.29, 0.717) is 11.1 Å². The number of rotatable bonds is 5. The van der Waals surface area contributed by atoms with Crippen molar-refractivity contribution < 1.29 is 27.8 Å². The second kappa shape index (κ2) is 9.10. The molecule has 0 radical (unpaired) electrons. The van der Waals surface area contributed by atoms with Gasteiger partial charge < -0.3 is 25.8 Å². The van der Waals surface area contributed by atoms with Gasteiger partial charge in [-0.05, 0) is 60.2 Å². The Morgan fingerprint density at radius 1 is 1.19 bits per heavy atom. The molecule has 2 aromatic carbocycles. The highest BCUT2D eigenvalue weighted by molar-refractivity contribution is 6.09. The Hall–Kier alpha value is -4.21. The number of fused-ring (bicyclic) bond motifs is 1. The van der Waals surface area contributed by atoms with Crippen molar-refractivity contribution in [3.8, 4) is 16.9 Å². The van der Waals surface area contributed by atoms with E-state index in [2.05, 4.69) is 4.98 Å². The van der Waals surface area contributed by atoms with Crippen molar-refractivity contribution in [2.75, 3.05) is 29.5 Å². The lowest BCUT2D eigenvalue weighted by Gasteiger charge is -2.25. The molecule has 1 fully saturated rings. The molecule has 10 heteroatoms. The lowest BCUT2D eigenvalue weighted by atomic mass is 9.96. The number of esters is 1. The Kier molecular flexibility index (Phi) is 5.95. The number of hydrogen-bond acceptors (Lipinski definition) is 7. The molecule has 0 bridgehead atoms. The first-order chi connectivity index (χ1) is 17.2. The maximum atomic E-state index is 15.2. The van der Waals surface area contributed by atoms with E-state index in [4.69, 9.17) is 20.9 Å². The van der Waals surface area contributed by atoms with Crippen LogP contribution in [0.5, 0.6) is 5.75 Å². The third-order valence-corrected chi connectivity index (χ3v) is 6.37. The molecule has 0 atom stereocenters. The molecule has 2 aliphatic rings. The van der Waals surface area contributed by atoms with Crippen molar-refractivity contribution in [2.24, 2.45) is 0 Å². The van der Waals surface area contributed by atoms with Gasteiger partial charge in [-0.3, -0.25) is 9.59 Å². The van der Waals surface area contributed by atoms with Gasteiger partial charge in [-0.1, -0.05) is 0 Å². The summed E-state index contributed by atoms with van der Waals surface area (Å²) in [6.07, 6.45) is 3.34. The molecule has 186 valence electrons. The first-order valence-corrected chi connectivity index (χ1v) is 11.5. The topological polar surface area (TPSA) is 121 Å². The molecule has 2 heterocycles. The number of hydrogen-bond donors (Lipinski definition) is 2. The van der Waals surface area contributed by atoms with Crippen LogP contribution >= 0.6 is 0 Å². The summed E-state index contributed by atoms with van der Waals surface area (Å²) in [4.78, 5) is 30.5. The zero-order chi connectivity index (χ0) is 25.6. The number of nitrogens with two attached hydrogens (primary N) is 2. The summed E-state index contributed by atoms with van der Waals surface area (Å²) in [7, 11) is 0. The Bertz CT molecular complexity index is 1390. The number of nitrogens with zero attached hydrogens (tertiary/aromatic N) is 2. The van der Waals surface area contributed by atoms with E-state index in [1.54, 1.807) is 12.1 Å². The van der Waals surface area contributed by atoms with E-state index >= 15 is 4.39 Å². The summed E-state index contributed by atoms with van der Waals surface area (Å²) >= 11 is 0. The van der Waals surface area contributed by atoms with E-state index in [1.165, 1.54) is 30.2 Å². The zero-order valence-electron chi connectivity index (χ0n) is 19.5. The summed E-state index contributed by atoms with van der Waals surface area (Å²) in [6, 6.07) is 6.96. The van der Waals surface area contributed by atoms with Gasteiger partial charge in [0.15, 0.2) is 0 Å². The zero-order valence-corrected chi connectivity index (χ0v) is 19.5. The number of aromatic nitrogens is 1. The minimum Gasteiger partial charge on any atom is -0.491 e. The lowest BCUT2D eigenvalue weighted by molar-refractivity contribution is -0.142. The van der Waals surface area contributed by atoms with Crippen molar-refractivity contribution in [1.29, 1.82) is 0 Å². The SMILES string of the molecule is CC(=O)OCc1c(-c2ccnc(N)c2N)cc(F)cc1N1CCOc2cc(C3CC3)cc(F)c2C1=O. The molecule has 4 N–H and O–H groups in total. The molecular formula is C26H24F2N4O4. The van der Waals surface area contributed by atoms with Gasteiger partial charge in [0.2, 0.25) is 0 Å². The lowest BCUT2D eigenvalue weighted by Crippen LogP contribution is -2.34. The Morgan fingerprint density at radius 3 is 2.69 bits per heavy atom. The van der Waals surface area contributed by atoms with Crippen LogP contribution in [0.25, 0.3) is 11.1 Å². The van der Waals surface area contributed by atoms with Crippen LogP contribution in [0.4, 0.5) is 26.0 Å². The number of anilines is 3. The maximum absolute atomic E-state index is 15.2. The molecule has 3 aromatic rings. The monoisotopic (exact) mass is 494 g/mol. The Balaban J connectivity index is 1.66. The molecule has 1 saturated carbocycles. The normalized spacial score (nSPS) is 15.2. The molecular weight excluding hydrogens is 470 g/mol. The van der Waals surface area contributed by atoms with E-state index in [1.807, 2.05) is 0 Å². The number of pyridine rings is 1. The second-order valence-electron chi connectivity index (χ2n) is 8.84. The molecule has 1 amide bonds. The van der Waals surface area contributed by atoms with Gasteiger partial charge in [0.25, 0.3) is 5.91 Å². The van der Waals surface area contributed by atoms with Gasteiger partial charge in [-0.2, -0.15) is 0 Å². The van der Waals surface area contributed by atoms with Crippen LogP contribution < -0.4 is 21.1 Å². The molecule has 1 aromatic heterocycles. The summed E-state index contributed by atoms with van der Waals surface area (Å²) in [5, 5.41) is 0. The fourth-order valence-electron chi connectivity index (χ4n) is 4.44. The molecule has 1 aliphatic heterocycles. The van der Waals surface area contributed by atoms with Crippen LogP contribution in [-0.4, -0.2) is 30.0 Å². The number of carbonyl (C=O) groups excluding carboxylic acids is 2. The van der Waals surface area contributed by atoms with Gasteiger partial charge >= 0.3 is 5.97 Å². The number of amides is 1. The average Bonchev–Trinajstić information content (AvgIpc) is 3.68. The number of halogens is 2. The Morgan fingerprint density at radius 2 is 1.97 bits per heavy atom. The fourth-order valence-corrected chi connectivity index (χ4v) is 4.44. The largest absolute Gasteiger partial charge is 0.491 e. The van der Waals surface area contributed by atoms with Crippen molar-refractivity contribution in [3.63, 3.8) is 0 Å². The summed E-state index contributed by atoms with van der Waals surface area (Å²) in [6.45, 7) is 1.00. The molecule has 8 nitrogen and oxygen atoms in total. The second-order valence-corrected chi connectivity index (χ2v) is 8.84. The number of carbonyl (C=O) groups is 2. The van der Waals surface area contributed by atoms with Gasteiger partial charge in [0.1, 0.15) is 42.0 Å². The van der Waals surface area contributed by atoms with Crippen LogP contribution in [0.3, 0.4) is 0 Å². The highest BCUT2D eigenvalue weighted by Gasteiger charge is 2.33.